The van der Waals surface area contributed by atoms with Gasteiger partial charge >= 0.3 is 5.69 Å². The van der Waals surface area contributed by atoms with Crippen molar-refractivity contribution in [3.05, 3.63) is 27.8 Å². The molecule has 1 aromatic rings. The summed E-state index contributed by atoms with van der Waals surface area (Å²) < 4.78 is 0. The first-order valence-corrected chi connectivity index (χ1v) is 5.46. The number of phenolic OH excluding ortho intramolecular Hbond substituents is 2. The van der Waals surface area contributed by atoms with Crippen molar-refractivity contribution in [3.8, 4) is 11.5 Å². The number of benzene rings is 1. The maximum Gasteiger partial charge on any atom is 0.314 e. The summed E-state index contributed by atoms with van der Waals surface area (Å²) >= 11 is 0. The number of aromatic hydroxyl groups is 2. The average Bonchev–Trinajstić information content (AvgIpc) is 2.18. The number of hydrogen-bond donors (Lipinski definition) is 3. The number of phenols is 2. The third-order valence-electron chi connectivity index (χ3n) is 3.33. The van der Waals surface area contributed by atoms with Gasteiger partial charge in [-0.05, 0) is 30.4 Å². The van der Waals surface area contributed by atoms with Crippen LogP contribution in [0.5, 0.6) is 11.5 Å². The van der Waals surface area contributed by atoms with Crippen LogP contribution in [0.15, 0.2) is 12.1 Å². The van der Waals surface area contributed by atoms with Crippen molar-refractivity contribution in [1.82, 2.24) is 0 Å². The molecule has 1 atom stereocenters. The molecule has 100 valence electrons. The summed E-state index contributed by atoms with van der Waals surface area (Å²) in [5.41, 5.74) is 5.97. The summed E-state index contributed by atoms with van der Waals surface area (Å²) in [5, 5.41) is 29.5. The zero-order valence-corrected chi connectivity index (χ0v) is 10.4. The van der Waals surface area contributed by atoms with E-state index in [9.17, 15) is 20.3 Å². The maximum absolute atomic E-state index is 10.7. The SMILES string of the molecule is Cl.N[C@H](c1cc(O)c(O)c([N+](=O)[O-])c1)C1CCC1. The Kier molecular flexibility index (Phi) is 4.37. The van der Waals surface area contributed by atoms with Crippen LogP contribution >= 0.6 is 12.4 Å². The highest BCUT2D eigenvalue weighted by Crippen LogP contribution is 2.42. The van der Waals surface area contributed by atoms with Crippen molar-refractivity contribution in [1.29, 1.82) is 0 Å². The zero-order chi connectivity index (χ0) is 12.6. The van der Waals surface area contributed by atoms with Crippen molar-refractivity contribution in [2.24, 2.45) is 11.7 Å². The molecule has 1 saturated carbocycles. The van der Waals surface area contributed by atoms with Crippen molar-refractivity contribution < 1.29 is 15.1 Å². The topological polar surface area (TPSA) is 110 Å². The Labute approximate surface area is 110 Å². The highest BCUT2D eigenvalue weighted by molar-refractivity contribution is 5.85. The van der Waals surface area contributed by atoms with Gasteiger partial charge in [0.25, 0.3) is 0 Å². The molecule has 0 saturated heterocycles. The van der Waals surface area contributed by atoms with Crippen molar-refractivity contribution in [2.45, 2.75) is 25.3 Å². The summed E-state index contributed by atoms with van der Waals surface area (Å²) in [4.78, 5) is 9.97. The third kappa shape index (κ3) is 2.49. The minimum absolute atomic E-state index is 0. The van der Waals surface area contributed by atoms with Gasteiger partial charge in [-0.3, -0.25) is 10.1 Å². The average molecular weight is 275 g/mol. The van der Waals surface area contributed by atoms with Crippen LogP contribution in [0.4, 0.5) is 5.69 Å². The predicted octanol–water partition coefficient (Wildman–Crippen LogP) is 2.23. The van der Waals surface area contributed by atoms with Gasteiger partial charge in [0.15, 0.2) is 5.75 Å². The summed E-state index contributed by atoms with van der Waals surface area (Å²) in [7, 11) is 0. The number of hydrogen-bond acceptors (Lipinski definition) is 5. The van der Waals surface area contributed by atoms with Crippen molar-refractivity contribution in [2.75, 3.05) is 0 Å². The normalized spacial score (nSPS) is 16.5. The van der Waals surface area contributed by atoms with Crippen LogP contribution in [0, 0.1) is 16.0 Å². The van der Waals surface area contributed by atoms with Crippen LogP contribution in [0.3, 0.4) is 0 Å². The Hall–Kier alpha value is -1.53. The van der Waals surface area contributed by atoms with Crippen LogP contribution in [0.2, 0.25) is 0 Å². The maximum atomic E-state index is 10.7. The molecule has 7 heteroatoms. The Balaban J connectivity index is 0.00000162. The highest BCUT2D eigenvalue weighted by atomic mass is 35.5. The molecule has 0 unspecified atom stereocenters. The molecule has 1 aromatic carbocycles. The molecule has 6 nitrogen and oxygen atoms in total. The van der Waals surface area contributed by atoms with E-state index in [2.05, 4.69) is 0 Å². The molecular weight excluding hydrogens is 260 g/mol. The first-order valence-electron chi connectivity index (χ1n) is 5.46. The van der Waals surface area contributed by atoms with Gasteiger partial charge in [0.05, 0.1) is 4.92 Å². The minimum Gasteiger partial charge on any atom is -0.504 e. The van der Waals surface area contributed by atoms with Crippen LogP contribution in [0.25, 0.3) is 0 Å². The number of halogens is 1. The van der Waals surface area contributed by atoms with E-state index >= 15 is 0 Å². The highest BCUT2D eigenvalue weighted by Gasteiger charge is 2.28. The molecular formula is C11H15ClN2O4. The third-order valence-corrected chi connectivity index (χ3v) is 3.33. The summed E-state index contributed by atoms with van der Waals surface area (Å²) in [6.45, 7) is 0. The van der Waals surface area contributed by atoms with E-state index in [0.29, 0.717) is 11.5 Å². The zero-order valence-electron chi connectivity index (χ0n) is 9.57. The molecule has 1 fully saturated rings. The lowest BCUT2D eigenvalue weighted by Crippen LogP contribution is -2.26. The molecule has 18 heavy (non-hydrogen) atoms. The number of nitro groups is 1. The van der Waals surface area contributed by atoms with Crippen LogP contribution in [0.1, 0.15) is 30.9 Å². The van der Waals surface area contributed by atoms with Gasteiger partial charge in [-0.25, -0.2) is 0 Å². The molecule has 0 aliphatic heterocycles. The molecule has 0 heterocycles. The Morgan fingerprint density at radius 3 is 2.44 bits per heavy atom. The van der Waals surface area contributed by atoms with E-state index in [-0.39, 0.29) is 18.4 Å². The lowest BCUT2D eigenvalue weighted by molar-refractivity contribution is -0.386. The molecule has 0 radical (unpaired) electrons. The van der Waals surface area contributed by atoms with Gasteiger partial charge in [-0.2, -0.15) is 0 Å². The number of nitrogens with two attached hydrogens (primary N) is 1. The van der Waals surface area contributed by atoms with E-state index in [1.165, 1.54) is 12.1 Å². The lowest BCUT2D eigenvalue weighted by atomic mass is 9.77. The van der Waals surface area contributed by atoms with E-state index < -0.39 is 22.1 Å². The van der Waals surface area contributed by atoms with Gasteiger partial charge in [0, 0.05) is 12.1 Å². The summed E-state index contributed by atoms with van der Waals surface area (Å²) in [6.07, 6.45) is 3.11. The Morgan fingerprint density at radius 2 is 2.00 bits per heavy atom. The molecule has 0 amide bonds. The van der Waals surface area contributed by atoms with Gasteiger partial charge in [0.2, 0.25) is 5.75 Å². The molecule has 0 spiro atoms. The van der Waals surface area contributed by atoms with E-state index in [4.69, 9.17) is 5.73 Å². The van der Waals surface area contributed by atoms with Gasteiger partial charge in [-0.1, -0.05) is 6.42 Å². The fourth-order valence-corrected chi connectivity index (χ4v) is 2.03. The quantitative estimate of drug-likeness (QED) is 0.445. The number of rotatable bonds is 3. The Bertz CT molecular complexity index is 463. The van der Waals surface area contributed by atoms with Gasteiger partial charge in [0.1, 0.15) is 0 Å². The number of nitro benzene ring substituents is 1. The van der Waals surface area contributed by atoms with Crippen LogP contribution in [-0.2, 0) is 0 Å². The lowest BCUT2D eigenvalue weighted by Gasteiger charge is -2.31. The fraction of sp³-hybridized carbons (Fsp3) is 0.455. The first-order chi connectivity index (χ1) is 8.00. The van der Waals surface area contributed by atoms with E-state index in [1.807, 2.05) is 0 Å². The smallest absolute Gasteiger partial charge is 0.314 e. The van der Waals surface area contributed by atoms with Gasteiger partial charge < -0.3 is 15.9 Å². The Morgan fingerprint density at radius 1 is 1.39 bits per heavy atom. The minimum atomic E-state index is -0.730. The second-order valence-corrected chi connectivity index (χ2v) is 4.38. The van der Waals surface area contributed by atoms with Crippen LogP contribution < -0.4 is 5.73 Å². The standard InChI is InChI=1S/C11H14N2O4.ClH/c12-10(6-2-1-3-6)7-4-8(13(16)17)11(15)9(14)5-7;/h4-6,10,14-15H,1-3,12H2;1H/t10-;/m0./s1. The molecule has 0 aromatic heterocycles. The predicted molar refractivity (Wildman–Crippen MR) is 67.9 cm³/mol. The first kappa shape index (κ1) is 14.5. The largest absolute Gasteiger partial charge is 0.504 e. The number of nitrogens with zero attached hydrogens (tertiary/aromatic N) is 1. The summed E-state index contributed by atoms with van der Waals surface area (Å²) in [6, 6.07) is 2.21. The monoisotopic (exact) mass is 274 g/mol. The van der Waals surface area contributed by atoms with Crippen molar-refractivity contribution in [3.63, 3.8) is 0 Å². The molecule has 0 bridgehead atoms. The van der Waals surface area contributed by atoms with E-state index in [0.717, 1.165) is 19.3 Å². The van der Waals surface area contributed by atoms with Crippen LogP contribution in [-0.4, -0.2) is 15.1 Å². The molecule has 1 aliphatic rings. The van der Waals surface area contributed by atoms with Crippen molar-refractivity contribution >= 4 is 18.1 Å². The second kappa shape index (κ2) is 5.41. The molecule has 2 rings (SSSR count). The molecule has 1 aliphatic carbocycles. The summed E-state index contributed by atoms with van der Waals surface area (Å²) in [5.74, 6) is -0.901. The van der Waals surface area contributed by atoms with E-state index in [1.54, 1.807) is 0 Å². The molecule has 4 N–H and O–H groups in total. The van der Waals surface area contributed by atoms with Gasteiger partial charge in [-0.15, -0.1) is 12.4 Å². The fourth-order valence-electron chi connectivity index (χ4n) is 2.03. The second-order valence-electron chi connectivity index (χ2n) is 4.38.